The molecular weight excluding hydrogens is 707 g/mol. The Balaban J connectivity index is 0.000000238. The number of carboxylic acids is 1. The molecule has 0 saturated carbocycles. The standard InChI is InChI=1S/C20H21N3O5S.C13H14N2O6S/c1-13-6-5-7-15(10-13)21-20(24)17-12-16(22-29(25,26)23(17)2)14-8-9-18(27-3)19(11-14)28-4;1-15-10(13(16)17)7-9(14-22(15,18)19)8-4-5-11(20-2)12(6-8)21-3/h5-12H,1-4H3,(H,21,24);4-7H,1-3H3,(H,16,17). The molecular formula is C33H35N5O11S2. The van der Waals surface area contributed by atoms with E-state index < -0.39 is 32.3 Å². The van der Waals surface area contributed by atoms with Crippen molar-refractivity contribution in [3.8, 4) is 23.0 Å². The molecule has 0 fully saturated rings. The van der Waals surface area contributed by atoms with Gasteiger partial charge in [-0.3, -0.25) is 4.79 Å². The van der Waals surface area contributed by atoms with Crippen LogP contribution in [0.1, 0.15) is 16.7 Å². The predicted molar refractivity (Wildman–Crippen MR) is 189 cm³/mol. The molecule has 3 aromatic rings. The smallest absolute Gasteiger partial charge is 0.353 e. The maximum Gasteiger partial charge on any atom is 0.353 e. The minimum absolute atomic E-state index is 0.0106. The number of carbonyl (C=O) groups excluding carboxylic acids is 1. The van der Waals surface area contributed by atoms with Gasteiger partial charge >= 0.3 is 26.4 Å². The number of rotatable bonds is 9. The van der Waals surface area contributed by atoms with Crippen LogP contribution in [0.5, 0.6) is 23.0 Å². The fourth-order valence-electron chi connectivity index (χ4n) is 4.70. The summed E-state index contributed by atoms with van der Waals surface area (Å²) in [5.74, 6) is -0.167. The summed E-state index contributed by atoms with van der Waals surface area (Å²) in [6, 6.07) is 16.8. The third-order valence-electron chi connectivity index (χ3n) is 7.43. The van der Waals surface area contributed by atoms with Gasteiger partial charge in [0.1, 0.15) is 11.4 Å². The van der Waals surface area contributed by atoms with Crippen molar-refractivity contribution in [3.63, 3.8) is 0 Å². The largest absolute Gasteiger partial charge is 0.493 e. The molecule has 2 heterocycles. The van der Waals surface area contributed by atoms with Gasteiger partial charge < -0.3 is 29.4 Å². The molecule has 0 saturated heterocycles. The van der Waals surface area contributed by atoms with Crippen LogP contribution >= 0.6 is 0 Å². The molecule has 0 unspecified atom stereocenters. The van der Waals surface area contributed by atoms with E-state index >= 15 is 0 Å². The fraction of sp³-hybridized carbons (Fsp3) is 0.212. The van der Waals surface area contributed by atoms with Crippen molar-refractivity contribution in [2.24, 2.45) is 8.80 Å². The number of nitrogens with zero attached hydrogens (tertiary/aromatic N) is 4. The summed E-state index contributed by atoms with van der Waals surface area (Å²) in [6.07, 6.45) is 2.61. The number of aryl methyl sites for hydroxylation is 1. The summed E-state index contributed by atoms with van der Waals surface area (Å²) < 4.78 is 78.5. The highest BCUT2D eigenvalue weighted by Gasteiger charge is 2.31. The van der Waals surface area contributed by atoms with Crippen molar-refractivity contribution >= 4 is 49.4 Å². The number of likely N-dealkylation sites (N-methyl/N-ethyl adjacent to an activating group) is 2. The van der Waals surface area contributed by atoms with Crippen LogP contribution in [0.3, 0.4) is 0 Å². The van der Waals surface area contributed by atoms with Gasteiger partial charge in [0.05, 0.1) is 39.9 Å². The lowest BCUT2D eigenvalue weighted by Crippen LogP contribution is -2.35. The molecule has 3 aromatic carbocycles. The van der Waals surface area contributed by atoms with Crippen molar-refractivity contribution in [3.05, 3.63) is 101 Å². The Hall–Kier alpha value is -5.88. The molecule has 18 heteroatoms. The quantitative estimate of drug-likeness (QED) is 0.326. The second-order valence-electron chi connectivity index (χ2n) is 10.7. The van der Waals surface area contributed by atoms with Gasteiger partial charge in [-0.15, -0.1) is 8.80 Å². The van der Waals surface area contributed by atoms with Gasteiger partial charge in [0, 0.05) is 30.9 Å². The average Bonchev–Trinajstić information content (AvgIpc) is 3.09. The molecule has 2 aliphatic rings. The summed E-state index contributed by atoms with van der Waals surface area (Å²) in [6.45, 7) is 1.90. The molecule has 16 nitrogen and oxygen atoms in total. The SMILES string of the molecule is COc1ccc(C2=NS(=O)(=O)N(C)C(C(=O)Nc3cccc(C)c3)=C2)cc1OC.COc1ccc(C2=NS(=O)(=O)N(C)C(C(=O)O)=C2)cc1OC. The third kappa shape index (κ3) is 8.47. The second-order valence-corrected chi connectivity index (χ2v) is 13.9. The number of amides is 1. The van der Waals surface area contributed by atoms with E-state index in [0.717, 1.165) is 16.9 Å². The lowest BCUT2D eigenvalue weighted by atomic mass is 10.1. The zero-order valence-corrected chi connectivity index (χ0v) is 30.2. The number of hydrogen-bond donors (Lipinski definition) is 2. The number of aliphatic carboxylic acids is 1. The summed E-state index contributed by atoms with van der Waals surface area (Å²) in [5.41, 5.74) is 2.10. The highest BCUT2D eigenvalue weighted by atomic mass is 32.2. The Labute approximate surface area is 295 Å². The molecule has 0 spiro atoms. The summed E-state index contributed by atoms with van der Waals surface area (Å²) in [7, 11) is 0.144. The minimum atomic E-state index is -4.09. The van der Waals surface area contributed by atoms with E-state index in [4.69, 9.17) is 24.1 Å². The molecule has 2 aliphatic heterocycles. The summed E-state index contributed by atoms with van der Waals surface area (Å²) in [5, 5.41) is 11.8. The first kappa shape index (κ1) is 37.9. The Morgan fingerprint density at radius 2 is 1.12 bits per heavy atom. The van der Waals surface area contributed by atoms with Gasteiger partial charge in [-0.2, -0.15) is 16.8 Å². The highest BCUT2D eigenvalue weighted by molar-refractivity contribution is 7.88. The van der Waals surface area contributed by atoms with E-state index in [1.807, 2.05) is 13.0 Å². The highest BCUT2D eigenvalue weighted by Crippen LogP contribution is 2.31. The number of anilines is 1. The topological polar surface area (TPSA) is 203 Å². The van der Waals surface area contributed by atoms with Crippen LogP contribution in [0.2, 0.25) is 0 Å². The van der Waals surface area contributed by atoms with E-state index in [2.05, 4.69) is 14.1 Å². The lowest BCUT2D eigenvalue weighted by molar-refractivity contribution is -0.133. The summed E-state index contributed by atoms with van der Waals surface area (Å²) in [4.78, 5) is 24.0. The molecule has 5 rings (SSSR count). The second kappa shape index (κ2) is 15.3. The Morgan fingerprint density at radius 1 is 0.667 bits per heavy atom. The molecule has 270 valence electrons. The minimum Gasteiger partial charge on any atom is -0.493 e. The molecule has 0 bridgehead atoms. The van der Waals surface area contributed by atoms with Crippen molar-refractivity contribution in [2.75, 3.05) is 47.9 Å². The van der Waals surface area contributed by atoms with Gasteiger partial charge in [-0.1, -0.05) is 12.1 Å². The van der Waals surface area contributed by atoms with Gasteiger partial charge in [-0.05, 0) is 73.2 Å². The normalized spacial score (nSPS) is 15.8. The van der Waals surface area contributed by atoms with Crippen molar-refractivity contribution in [1.82, 2.24) is 8.61 Å². The maximum atomic E-state index is 12.8. The first-order valence-electron chi connectivity index (χ1n) is 14.7. The third-order valence-corrected chi connectivity index (χ3v) is 10.1. The first-order chi connectivity index (χ1) is 24.0. The lowest BCUT2D eigenvalue weighted by Gasteiger charge is -2.24. The van der Waals surface area contributed by atoms with Gasteiger partial charge in [-0.25, -0.2) is 13.4 Å². The van der Waals surface area contributed by atoms with Gasteiger partial charge in [0.2, 0.25) is 0 Å². The molecule has 2 N–H and O–H groups in total. The average molecular weight is 742 g/mol. The molecule has 0 radical (unpaired) electrons. The predicted octanol–water partition coefficient (Wildman–Crippen LogP) is 3.17. The molecule has 51 heavy (non-hydrogen) atoms. The Kier molecular flexibility index (Phi) is 11.4. The van der Waals surface area contributed by atoms with Crippen molar-refractivity contribution in [1.29, 1.82) is 0 Å². The van der Waals surface area contributed by atoms with Gasteiger partial charge in [0.15, 0.2) is 23.0 Å². The monoisotopic (exact) mass is 741 g/mol. The number of carbonyl (C=O) groups is 2. The maximum absolute atomic E-state index is 12.8. The van der Waals surface area contributed by atoms with Crippen LogP contribution in [0, 0.1) is 6.92 Å². The number of benzene rings is 3. The van der Waals surface area contributed by atoms with E-state index in [1.165, 1.54) is 53.7 Å². The molecule has 0 atom stereocenters. The van der Waals surface area contributed by atoms with Crippen LogP contribution < -0.4 is 24.3 Å². The number of hydrogen-bond acceptors (Lipinski definition) is 10. The fourth-order valence-corrected chi connectivity index (χ4v) is 6.52. The zero-order valence-electron chi connectivity index (χ0n) is 28.6. The van der Waals surface area contributed by atoms with Crippen molar-refractivity contribution in [2.45, 2.75) is 6.92 Å². The van der Waals surface area contributed by atoms with E-state index in [1.54, 1.807) is 48.5 Å². The zero-order chi connectivity index (χ0) is 37.7. The first-order valence-corrected chi connectivity index (χ1v) is 17.5. The van der Waals surface area contributed by atoms with Crippen LogP contribution in [-0.4, -0.2) is 96.4 Å². The number of nitrogens with one attached hydrogen (secondary N) is 1. The number of carboxylic acid groups (broad SMARTS) is 1. The molecule has 0 aliphatic carbocycles. The van der Waals surface area contributed by atoms with Crippen LogP contribution in [-0.2, 0) is 30.0 Å². The number of ether oxygens (including phenoxy) is 4. The molecule has 0 aromatic heterocycles. The number of methoxy groups -OCH3 is 4. The molecule has 1 amide bonds. The Bertz CT molecular complexity index is 2210. The van der Waals surface area contributed by atoms with Gasteiger partial charge in [0.25, 0.3) is 5.91 Å². The van der Waals surface area contributed by atoms with Crippen LogP contribution in [0.25, 0.3) is 0 Å². The van der Waals surface area contributed by atoms with Crippen molar-refractivity contribution < 1.29 is 50.5 Å². The van der Waals surface area contributed by atoms with Crippen LogP contribution in [0.4, 0.5) is 5.69 Å². The summed E-state index contributed by atoms with van der Waals surface area (Å²) >= 11 is 0. The number of allylic oxidation sites excluding steroid dienone is 2. The van der Waals surface area contributed by atoms with Crippen LogP contribution in [0.15, 0.2) is 93.0 Å². The van der Waals surface area contributed by atoms with E-state index in [9.17, 15) is 26.4 Å². The Morgan fingerprint density at radius 3 is 1.55 bits per heavy atom. The van der Waals surface area contributed by atoms with E-state index in [0.29, 0.717) is 44.1 Å². The van der Waals surface area contributed by atoms with E-state index in [-0.39, 0.29) is 22.8 Å².